The van der Waals surface area contributed by atoms with Gasteiger partial charge in [0, 0.05) is 19.0 Å². The zero-order valence-electron chi connectivity index (χ0n) is 6.02. The van der Waals surface area contributed by atoms with Gasteiger partial charge in [-0.3, -0.25) is 0 Å². The Morgan fingerprint density at radius 3 is 2.33 bits per heavy atom. The fraction of sp³-hybridized carbons (Fsp3) is 1.00. The highest BCUT2D eigenvalue weighted by molar-refractivity contribution is 4.82. The number of rotatable bonds is 1. The minimum atomic E-state index is -0.606. The molecule has 2 atom stereocenters. The van der Waals surface area contributed by atoms with Crippen LogP contribution in [0.1, 0.15) is 13.8 Å². The molecule has 0 radical (unpaired) electrons. The molecule has 0 aromatic rings. The number of nitrogens with one attached hydrogen (secondary N) is 1. The van der Waals surface area contributed by atoms with E-state index in [0.717, 1.165) is 6.54 Å². The average molecular weight is 131 g/mol. The number of hydrogen-bond donors (Lipinski definition) is 1. The van der Waals surface area contributed by atoms with E-state index < -0.39 is 6.17 Å². The third kappa shape index (κ3) is 1.42. The van der Waals surface area contributed by atoms with E-state index in [1.807, 2.05) is 0 Å². The van der Waals surface area contributed by atoms with Crippen LogP contribution in [0.2, 0.25) is 0 Å². The van der Waals surface area contributed by atoms with E-state index in [1.165, 1.54) is 0 Å². The van der Waals surface area contributed by atoms with E-state index in [-0.39, 0.29) is 5.92 Å². The van der Waals surface area contributed by atoms with Gasteiger partial charge in [0.2, 0.25) is 0 Å². The Morgan fingerprint density at radius 2 is 2.11 bits per heavy atom. The van der Waals surface area contributed by atoms with Crippen LogP contribution in [0, 0.1) is 11.8 Å². The fourth-order valence-electron chi connectivity index (χ4n) is 1.32. The summed E-state index contributed by atoms with van der Waals surface area (Å²) < 4.78 is 12.8. The van der Waals surface area contributed by atoms with Crippen LogP contribution in [-0.2, 0) is 0 Å². The molecule has 0 saturated carbocycles. The summed E-state index contributed by atoms with van der Waals surface area (Å²) in [5.41, 5.74) is 0. The topological polar surface area (TPSA) is 12.0 Å². The summed E-state index contributed by atoms with van der Waals surface area (Å²) in [7, 11) is 0. The Hall–Kier alpha value is -0.110. The molecular weight excluding hydrogens is 117 g/mol. The van der Waals surface area contributed by atoms with E-state index in [0.29, 0.717) is 12.5 Å². The van der Waals surface area contributed by atoms with Crippen LogP contribution in [0.3, 0.4) is 0 Å². The smallest absolute Gasteiger partial charge is 0.117 e. The van der Waals surface area contributed by atoms with Crippen LogP contribution in [0.25, 0.3) is 0 Å². The number of hydrogen-bond acceptors (Lipinski definition) is 1. The highest BCUT2D eigenvalue weighted by atomic mass is 19.1. The SMILES string of the molecule is CC(C)C1CNCC1F. The summed E-state index contributed by atoms with van der Waals surface area (Å²) in [6.07, 6.45) is -0.606. The molecule has 0 amide bonds. The van der Waals surface area contributed by atoms with Crippen molar-refractivity contribution in [3.8, 4) is 0 Å². The second kappa shape index (κ2) is 2.65. The Labute approximate surface area is 55.6 Å². The fourth-order valence-corrected chi connectivity index (χ4v) is 1.32. The van der Waals surface area contributed by atoms with Gasteiger partial charge < -0.3 is 5.32 Å². The van der Waals surface area contributed by atoms with Gasteiger partial charge in [-0.05, 0) is 5.92 Å². The van der Waals surface area contributed by atoms with Crippen LogP contribution in [-0.4, -0.2) is 19.3 Å². The first-order chi connectivity index (χ1) is 4.22. The molecule has 0 bridgehead atoms. The molecule has 1 rings (SSSR count). The lowest BCUT2D eigenvalue weighted by Crippen LogP contribution is -2.18. The van der Waals surface area contributed by atoms with Crippen LogP contribution >= 0.6 is 0 Å². The van der Waals surface area contributed by atoms with Gasteiger partial charge >= 0.3 is 0 Å². The van der Waals surface area contributed by atoms with Gasteiger partial charge in [0.15, 0.2) is 0 Å². The Bertz CT molecular complexity index is 92.9. The molecule has 1 nitrogen and oxygen atoms in total. The van der Waals surface area contributed by atoms with E-state index in [2.05, 4.69) is 19.2 Å². The molecule has 0 aromatic carbocycles. The normalized spacial score (nSPS) is 36.0. The Kier molecular flexibility index (Phi) is 2.06. The average Bonchev–Trinajstić information content (AvgIpc) is 2.13. The monoisotopic (exact) mass is 131 g/mol. The molecule has 1 fully saturated rings. The Balaban J connectivity index is 2.40. The molecule has 2 unspecified atom stereocenters. The predicted octanol–water partition coefficient (Wildman–Crippen LogP) is 1.20. The molecule has 0 aromatic heterocycles. The van der Waals surface area contributed by atoms with Crippen molar-refractivity contribution < 1.29 is 4.39 Å². The third-order valence-electron chi connectivity index (χ3n) is 2.04. The first-order valence-electron chi connectivity index (χ1n) is 3.56. The zero-order valence-corrected chi connectivity index (χ0v) is 6.02. The highest BCUT2D eigenvalue weighted by Gasteiger charge is 2.28. The maximum absolute atomic E-state index is 12.8. The zero-order chi connectivity index (χ0) is 6.85. The third-order valence-corrected chi connectivity index (χ3v) is 2.04. The maximum Gasteiger partial charge on any atom is 0.117 e. The minimum absolute atomic E-state index is 0.255. The second-order valence-electron chi connectivity index (χ2n) is 3.08. The molecule has 0 spiro atoms. The lowest BCUT2D eigenvalue weighted by atomic mass is 9.94. The number of alkyl halides is 1. The summed E-state index contributed by atoms with van der Waals surface area (Å²) in [4.78, 5) is 0. The van der Waals surface area contributed by atoms with Gasteiger partial charge in [-0.2, -0.15) is 0 Å². The van der Waals surface area contributed by atoms with Gasteiger partial charge in [-0.1, -0.05) is 13.8 Å². The highest BCUT2D eigenvalue weighted by Crippen LogP contribution is 2.20. The van der Waals surface area contributed by atoms with Gasteiger partial charge in [-0.25, -0.2) is 4.39 Å². The number of halogens is 1. The van der Waals surface area contributed by atoms with Crippen molar-refractivity contribution in [2.45, 2.75) is 20.0 Å². The van der Waals surface area contributed by atoms with Crippen molar-refractivity contribution in [2.24, 2.45) is 11.8 Å². The Morgan fingerprint density at radius 1 is 1.44 bits per heavy atom. The van der Waals surface area contributed by atoms with Gasteiger partial charge in [0.25, 0.3) is 0 Å². The maximum atomic E-state index is 12.8. The molecule has 1 N–H and O–H groups in total. The molecule has 1 saturated heterocycles. The molecule has 2 heteroatoms. The van der Waals surface area contributed by atoms with Gasteiger partial charge in [-0.15, -0.1) is 0 Å². The standard InChI is InChI=1S/C7H14FN/c1-5(2)6-3-9-4-7(6)8/h5-7,9H,3-4H2,1-2H3. The predicted molar refractivity (Wildman–Crippen MR) is 36.1 cm³/mol. The molecule has 0 aliphatic carbocycles. The lowest BCUT2D eigenvalue weighted by Gasteiger charge is -2.14. The molecule has 1 heterocycles. The molecule has 1 aliphatic heterocycles. The van der Waals surface area contributed by atoms with E-state index >= 15 is 0 Å². The summed E-state index contributed by atoms with van der Waals surface area (Å²) in [6.45, 7) is 5.57. The van der Waals surface area contributed by atoms with Crippen LogP contribution < -0.4 is 5.32 Å². The van der Waals surface area contributed by atoms with E-state index in [4.69, 9.17) is 0 Å². The van der Waals surface area contributed by atoms with Gasteiger partial charge in [0.05, 0.1) is 0 Å². The quantitative estimate of drug-likeness (QED) is 0.564. The minimum Gasteiger partial charge on any atom is -0.313 e. The van der Waals surface area contributed by atoms with Crippen molar-refractivity contribution in [2.75, 3.05) is 13.1 Å². The molecule has 54 valence electrons. The first kappa shape index (κ1) is 7.00. The van der Waals surface area contributed by atoms with Crippen molar-refractivity contribution >= 4 is 0 Å². The summed E-state index contributed by atoms with van der Waals surface area (Å²) in [6, 6.07) is 0. The first-order valence-corrected chi connectivity index (χ1v) is 3.56. The van der Waals surface area contributed by atoms with E-state index in [1.54, 1.807) is 0 Å². The molecule has 1 aliphatic rings. The second-order valence-corrected chi connectivity index (χ2v) is 3.08. The summed E-state index contributed by atoms with van der Waals surface area (Å²) in [5.74, 6) is 0.736. The summed E-state index contributed by atoms with van der Waals surface area (Å²) in [5, 5.41) is 3.03. The summed E-state index contributed by atoms with van der Waals surface area (Å²) >= 11 is 0. The van der Waals surface area contributed by atoms with Crippen molar-refractivity contribution in [1.29, 1.82) is 0 Å². The largest absolute Gasteiger partial charge is 0.313 e. The van der Waals surface area contributed by atoms with Crippen molar-refractivity contribution in [1.82, 2.24) is 5.32 Å². The molecular formula is C7H14FN. The van der Waals surface area contributed by atoms with Gasteiger partial charge in [0.1, 0.15) is 6.17 Å². The van der Waals surface area contributed by atoms with Crippen molar-refractivity contribution in [3.05, 3.63) is 0 Å². The lowest BCUT2D eigenvalue weighted by molar-refractivity contribution is 0.234. The van der Waals surface area contributed by atoms with E-state index in [9.17, 15) is 4.39 Å². The van der Waals surface area contributed by atoms with Crippen molar-refractivity contribution in [3.63, 3.8) is 0 Å². The van der Waals surface area contributed by atoms with Crippen LogP contribution in [0.15, 0.2) is 0 Å². The molecule has 9 heavy (non-hydrogen) atoms. The van der Waals surface area contributed by atoms with Crippen LogP contribution in [0.4, 0.5) is 4.39 Å². The van der Waals surface area contributed by atoms with Crippen LogP contribution in [0.5, 0.6) is 0 Å².